The summed E-state index contributed by atoms with van der Waals surface area (Å²) in [6.07, 6.45) is 5.18. The topological polar surface area (TPSA) is 47.3 Å². The van der Waals surface area contributed by atoms with Gasteiger partial charge in [0.05, 0.1) is 5.56 Å². The summed E-state index contributed by atoms with van der Waals surface area (Å²) in [6, 6.07) is 3.65. The maximum atomic E-state index is 10.9. The summed E-state index contributed by atoms with van der Waals surface area (Å²) in [7, 11) is 0. The summed E-state index contributed by atoms with van der Waals surface area (Å²) in [5.41, 5.74) is 1.28. The highest BCUT2D eigenvalue weighted by Crippen LogP contribution is 2.30. The van der Waals surface area contributed by atoms with Crippen LogP contribution in [0.5, 0.6) is 0 Å². The van der Waals surface area contributed by atoms with Crippen LogP contribution in [0.3, 0.4) is 0 Å². The van der Waals surface area contributed by atoms with E-state index in [9.17, 15) is 4.79 Å². The van der Waals surface area contributed by atoms with Crippen LogP contribution in [-0.2, 0) is 0 Å². The quantitative estimate of drug-likeness (QED) is 0.763. The van der Waals surface area contributed by atoms with Gasteiger partial charge >= 0.3 is 0 Å². The highest BCUT2D eigenvalue weighted by molar-refractivity contribution is 7.99. The molecule has 3 heterocycles. The number of hydrogen-bond acceptors (Lipinski definition) is 4. The van der Waals surface area contributed by atoms with Crippen LogP contribution in [0.15, 0.2) is 18.3 Å². The van der Waals surface area contributed by atoms with Gasteiger partial charge in [0.1, 0.15) is 5.82 Å². The minimum absolute atomic E-state index is 0.464. The van der Waals surface area contributed by atoms with Crippen LogP contribution in [0.1, 0.15) is 34.9 Å². The number of thioether (sulfide) groups is 1. The van der Waals surface area contributed by atoms with Crippen LogP contribution >= 0.6 is 11.8 Å². The summed E-state index contributed by atoms with van der Waals surface area (Å²) < 4.78 is 1.96. The van der Waals surface area contributed by atoms with Gasteiger partial charge in [-0.15, -0.1) is 10.2 Å². The highest BCUT2D eigenvalue weighted by atomic mass is 32.2. The summed E-state index contributed by atoms with van der Waals surface area (Å²) in [4.78, 5) is 10.9. The van der Waals surface area contributed by atoms with Crippen molar-refractivity contribution >= 4 is 23.7 Å². The van der Waals surface area contributed by atoms with Crippen molar-refractivity contribution in [1.82, 2.24) is 14.6 Å². The molecule has 0 aliphatic carbocycles. The van der Waals surface area contributed by atoms with E-state index in [1.807, 2.05) is 28.4 Å². The highest BCUT2D eigenvalue weighted by Gasteiger charge is 2.21. The van der Waals surface area contributed by atoms with Gasteiger partial charge in [-0.1, -0.05) is 0 Å². The van der Waals surface area contributed by atoms with Crippen molar-refractivity contribution in [3.8, 4) is 0 Å². The molecule has 1 aliphatic rings. The third-order valence-corrected chi connectivity index (χ3v) is 4.36. The van der Waals surface area contributed by atoms with Crippen LogP contribution in [0.4, 0.5) is 0 Å². The molecular formula is C12H13N3OS. The third-order valence-electron chi connectivity index (χ3n) is 3.14. The number of rotatable bonds is 2. The second kappa shape index (κ2) is 4.49. The number of aldehydes is 1. The van der Waals surface area contributed by atoms with Crippen molar-refractivity contribution in [3.63, 3.8) is 0 Å². The first-order valence-electron chi connectivity index (χ1n) is 5.76. The fourth-order valence-electron chi connectivity index (χ4n) is 2.27. The summed E-state index contributed by atoms with van der Waals surface area (Å²) in [5.74, 6) is 3.81. The maximum Gasteiger partial charge on any atom is 0.171 e. The van der Waals surface area contributed by atoms with Crippen molar-refractivity contribution in [2.24, 2.45) is 0 Å². The molecule has 17 heavy (non-hydrogen) atoms. The zero-order valence-corrected chi connectivity index (χ0v) is 10.2. The first kappa shape index (κ1) is 10.8. The fourth-order valence-corrected chi connectivity index (χ4v) is 3.41. The molecule has 1 fully saturated rings. The minimum Gasteiger partial charge on any atom is -0.298 e. The van der Waals surface area contributed by atoms with Gasteiger partial charge in [-0.25, -0.2) is 0 Å². The molecule has 2 aromatic heterocycles. The van der Waals surface area contributed by atoms with E-state index in [1.165, 1.54) is 18.6 Å². The van der Waals surface area contributed by atoms with Crippen LogP contribution in [0.25, 0.3) is 5.65 Å². The fraction of sp³-hybridized carbons (Fsp3) is 0.417. The Labute approximate surface area is 103 Å². The molecule has 0 amide bonds. The van der Waals surface area contributed by atoms with Crippen LogP contribution in [0.2, 0.25) is 0 Å². The number of carbonyl (C=O) groups is 1. The van der Waals surface area contributed by atoms with Gasteiger partial charge in [0.2, 0.25) is 0 Å². The Morgan fingerprint density at radius 1 is 1.47 bits per heavy atom. The maximum absolute atomic E-state index is 10.9. The lowest BCUT2D eigenvalue weighted by atomic mass is 10.0. The Kier molecular flexibility index (Phi) is 2.84. The molecule has 1 atom stereocenters. The molecule has 1 unspecified atom stereocenters. The van der Waals surface area contributed by atoms with E-state index < -0.39 is 0 Å². The standard InChI is InChI=1S/C12H13N3OS/c16-7-9-3-1-5-15-11(9)13-14-12(15)10-4-2-6-17-8-10/h1,3,5,7,10H,2,4,6,8H2. The molecule has 1 saturated heterocycles. The normalized spacial score (nSPS) is 20.6. The average Bonchev–Trinajstić information content (AvgIpc) is 2.83. The van der Waals surface area contributed by atoms with Crippen molar-refractivity contribution in [3.05, 3.63) is 29.7 Å². The molecule has 0 N–H and O–H groups in total. The second-order valence-electron chi connectivity index (χ2n) is 4.25. The van der Waals surface area contributed by atoms with Crippen molar-refractivity contribution < 1.29 is 4.79 Å². The van der Waals surface area contributed by atoms with Gasteiger partial charge in [-0.3, -0.25) is 9.20 Å². The molecule has 3 rings (SSSR count). The van der Waals surface area contributed by atoms with Gasteiger partial charge in [0, 0.05) is 17.9 Å². The molecule has 0 saturated carbocycles. The summed E-state index contributed by atoms with van der Waals surface area (Å²) in [5, 5.41) is 8.41. The molecule has 0 spiro atoms. The monoisotopic (exact) mass is 247 g/mol. The predicted molar refractivity (Wildman–Crippen MR) is 67.7 cm³/mol. The average molecular weight is 247 g/mol. The Morgan fingerprint density at radius 3 is 3.18 bits per heavy atom. The number of nitrogens with zero attached hydrogens (tertiary/aromatic N) is 3. The lowest BCUT2D eigenvalue weighted by Gasteiger charge is -2.19. The number of carbonyl (C=O) groups excluding carboxylic acids is 1. The van der Waals surface area contributed by atoms with Crippen molar-refractivity contribution in [1.29, 1.82) is 0 Å². The number of fused-ring (bicyclic) bond motifs is 1. The SMILES string of the molecule is O=Cc1cccn2c(C3CCCSC3)nnc12. The number of pyridine rings is 1. The summed E-state index contributed by atoms with van der Waals surface area (Å²) >= 11 is 1.97. The lowest BCUT2D eigenvalue weighted by molar-refractivity contribution is 0.112. The smallest absolute Gasteiger partial charge is 0.171 e. The van der Waals surface area contributed by atoms with Gasteiger partial charge in [0.25, 0.3) is 0 Å². The molecule has 1 aliphatic heterocycles. The van der Waals surface area contributed by atoms with Gasteiger partial charge < -0.3 is 0 Å². The van der Waals surface area contributed by atoms with E-state index in [4.69, 9.17) is 0 Å². The zero-order valence-electron chi connectivity index (χ0n) is 9.37. The van der Waals surface area contributed by atoms with Crippen molar-refractivity contribution in [2.75, 3.05) is 11.5 Å². The van der Waals surface area contributed by atoms with E-state index in [0.29, 0.717) is 17.1 Å². The van der Waals surface area contributed by atoms with Gasteiger partial charge in [0.15, 0.2) is 11.9 Å². The number of hydrogen-bond donors (Lipinski definition) is 0. The molecule has 2 aromatic rings. The van der Waals surface area contributed by atoms with Crippen molar-refractivity contribution in [2.45, 2.75) is 18.8 Å². The van der Waals surface area contributed by atoms with E-state index in [0.717, 1.165) is 17.9 Å². The third kappa shape index (κ3) is 1.84. The first-order chi connectivity index (χ1) is 8.40. The van der Waals surface area contributed by atoms with E-state index in [-0.39, 0.29) is 0 Å². The van der Waals surface area contributed by atoms with Gasteiger partial charge in [-0.05, 0) is 30.7 Å². The molecule has 5 heteroatoms. The lowest BCUT2D eigenvalue weighted by Crippen LogP contribution is -2.12. The molecule has 0 aromatic carbocycles. The number of aromatic nitrogens is 3. The molecule has 88 valence electrons. The minimum atomic E-state index is 0.464. The molecule has 4 nitrogen and oxygen atoms in total. The van der Waals surface area contributed by atoms with Crippen LogP contribution in [-0.4, -0.2) is 32.4 Å². The Hall–Kier alpha value is -1.36. The van der Waals surface area contributed by atoms with E-state index in [2.05, 4.69) is 10.2 Å². The Morgan fingerprint density at radius 2 is 2.41 bits per heavy atom. The largest absolute Gasteiger partial charge is 0.298 e. The zero-order chi connectivity index (χ0) is 11.7. The second-order valence-corrected chi connectivity index (χ2v) is 5.40. The van der Waals surface area contributed by atoms with Crippen LogP contribution in [0, 0.1) is 0 Å². The van der Waals surface area contributed by atoms with E-state index in [1.54, 1.807) is 6.07 Å². The predicted octanol–water partition coefficient (Wildman–Crippen LogP) is 2.15. The summed E-state index contributed by atoms with van der Waals surface area (Å²) in [6.45, 7) is 0. The Balaban J connectivity index is 2.08. The Bertz CT molecular complexity index is 546. The van der Waals surface area contributed by atoms with E-state index >= 15 is 0 Å². The first-order valence-corrected chi connectivity index (χ1v) is 6.92. The van der Waals surface area contributed by atoms with Gasteiger partial charge in [-0.2, -0.15) is 11.8 Å². The molecule has 0 bridgehead atoms. The van der Waals surface area contributed by atoms with Crippen LogP contribution < -0.4 is 0 Å². The molecule has 0 radical (unpaired) electrons. The molecular weight excluding hydrogens is 234 g/mol.